The predicted octanol–water partition coefficient (Wildman–Crippen LogP) is 3.30. The summed E-state index contributed by atoms with van der Waals surface area (Å²) in [5.41, 5.74) is -3.77. The number of rotatable bonds is 6. The van der Waals surface area contributed by atoms with E-state index in [1.54, 1.807) is 5.32 Å². The number of aryl methyl sites for hydroxylation is 1. The lowest BCUT2D eigenvalue weighted by Crippen LogP contribution is -2.69. The van der Waals surface area contributed by atoms with E-state index < -0.39 is 29.5 Å². The van der Waals surface area contributed by atoms with Crippen LogP contribution in [0.4, 0.5) is 19.0 Å². The molecule has 0 aliphatic carbocycles. The molecule has 0 bridgehead atoms. The first-order valence-electron chi connectivity index (χ1n) is 7.62. The molecule has 1 aromatic carbocycles. The van der Waals surface area contributed by atoms with Crippen molar-refractivity contribution >= 4 is 29.3 Å². The van der Waals surface area contributed by atoms with Crippen LogP contribution in [-0.4, -0.2) is 35.5 Å². The standard InChI is InChI=1S/C16H15ClF3N3O4/c1-3-26-14(25)15(16(18,19)20,21-12-7-9(2)27-23-12)22-13(24)10-5-4-6-11(17)8-10/h4-8H,3H2,1-2H3,(H,21,23)(H,22,24)/t15-/m0/s1. The van der Waals surface area contributed by atoms with Crippen molar-refractivity contribution in [1.29, 1.82) is 0 Å². The molecule has 1 heterocycles. The lowest BCUT2D eigenvalue weighted by Gasteiger charge is -2.34. The minimum Gasteiger partial charge on any atom is -0.463 e. The molecule has 1 atom stereocenters. The van der Waals surface area contributed by atoms with E-state index in [1.807, 2.05) is 5.32 Å². The zero-order chi connectivity index (χ0) is 20.2. The maximum atomic E-state index is 13.9. The van der Waals surface area contributed by atoms with Gasteiger partial charge in [-0.25, -0.2) is 4.79 Å². The summed E-state index contributed by atoms with van der Waals surface area (Å²) in [5, 5.41) is 7.07. The van der Waals surface area contributed by atoms with E-state index in [0.717, 1.165) is 12.1 Å². The van der Waals surface area contributed by atoms with Gasteiger partial charge in [0.15, 0.2) is 5.82 Å². The van der Waals surface area contributed by atoms with Gasteiger partial charge in [0.1, 0.15) is 5.76 Å². The number of nitrogens with one attached hydrogen (secondary N) is 2. The molecule has 0 saturated carbocycles. The van der Waals surface area contributed by atoms with Crippen LogP contribution in [0.2, 0.25) is 5.02 Å². The third-order valence-corrected chi connectivity index (χ3v) is 3.57. The molecule has 2 aromatic rings. The molecule has 0 aliphatic heterocycles. The fourth-order valence-corrected chi connectivity index (χ4v) is 2.31. The van der Waals surface area contributed by atoms with Gasteiger partial charge < -0.3 is 19.9 Å². The van der Waals surface area contributed by atoms with Gasteiger partial charge in [-0.3, -0.25) is 4.79 Å². The summed E-state index contributed by atoms with van der Waals surface area (Å²) < 4.78 is 51.1. The first-order chi connectivity index (χ1) is 12.6. The molecule has 2 N–H and O–H groups in total. The van der Waals surface area contributed by atoms with Crippen LogP contribution in [0.1, 0.15) is 23.0 Å². The van der Waals surface area contributed by atoms with Crippen molar-refractivity contribution in [2.45, 2.75) is 25.7 Å². The number of alkyl halides is 3. The molecule has 0 spiro atoms. The Morgan fingerprint density at radius 3 is 2.52 bits per heavy atom. The van der Waals surface area contributed by atoms with Gasteiger partial charge in [-0.2, -0.15) is 13.2 Å². The number of anilines is 1. The minimum atomic E-state index is -5.28. The summed E-state index contributed by atoms with van der Waals surface area (Å²) in [5.74, 6) is -3.17. The highest BCUT2D eigenvalue weighted by Crippen LogP contribution is 2.33. The molecule has 1 aromatic heterocycles. The number of esters is 1. The molecule has 0 fully saturated rings. The number of carbonyl (C=O) groups excluding carboxylic acids is 2. The molecule has 2 rings (SSSR count). The van der Waals surface area contributed by atoms with Gasteiger partial charge in [0.05, 0.1) is 6.61 Å². The number of nitrogens with zero attached hydrogens (tertiary/aromatic N) is 1. The fraction of sp³-hybridized carbons (Fsp3) is 0.312. The maximum Gasteiger partial charge on any atom is 0.441 e. The molecule has 7 nitrogen and oxygen atoms in total. The number of hydrogen-bond acceptors (Lipinski definition) is 6. The van der Waals surface area contributed by atoms with Crippen molar-refractivity contribution < 1.29 is 32.0 Å². The van der Waals surface area contributed by atoms with Crippen molar-refractivity contribution in [1.82, 2.24) is 10.5 Å². The lowest BCUT2D eigenvalue weighted by atomic mass is 10.1. The normalized spacial score (nSPS) is 13.6. The van der Waals surface area contributed by atoms with E-state index in [9.17, 15) is 22.8 Å². The summed E-state index contributed by atoms with van der Waals surface area (Å²) in [6.07, 6.45) is -5.28. The Labute approximate surface area is 156 Å². The summed E-state index contributed by atoms with van der Waals surface area (Å²) in [4.78, 5) is 24.7. The SMILES string of the molecule is CCOC(=O)[C@@](NC(=O)c1cccc(Cl)c1)(Nc1cc(C)on1)C(F)(F)F. The number of carbonyl (C=O) groups is 2. The smallest absolute Gasteiger partial charge is 0.441 e. The highest BCUT2D eigenvalue weighted by molar-refractivity contribution is 6.31. The molecule has 1 amide bonds. The number of halogens is 4. The van der Waals surface area contributed by atoms with Crippen LogP contribution >= 0.6 is 11.6 Å². The molecule has 0 radical (unpaired) electrons. The van der Waals surface area contributed by atoms with Gasteiger partial charge in [0.25, 0.3) is 5.91 Å². The first-order valence-corrected chi connectivity index (χ1v) is 8.00. The second-order valence-electron chi connectivity index (χ2n) is 5.38. The van der Waals surface area contributed by atoms with Gasteiger partial charge in [0.2, 0.25) is 0 Å². The first kappa shape index (κ1) is 20.6. The second kappa shape index (κ2) is 7.87. The van der Waals surface area contributed by atoms with E-state index in [-0.39, 0.29) is 23.0 Å². The van der Waals surface area contributed by atoms with Crippen LogP contribution in [0.25, 0.3) is 0 Å². The van der Waals surface area contributed by atoms with E-state index in [1.165, 1.54) is 32.0 Å². The van der Waals surface area contributed by atoms with E-state index in [2.05, 4.69) is 9.89 Å². The molecule has 0 unspecified atom stereocenters. The maximum absolute atomic E-state index is 13.9. The van der Waals surface area contributed by atoms with Crippen molar-refractivity contribution in [3.63, 3.8) is 0 Å². The Hall–Kier alpha value is -2.75. The van der Waals surface area contributed by atoms with Gasteiger partial charge >= 0.3 is 17.8 Å². The van der Waals surface area contributed by atoms with Gasteiger partial charge in [-0.1, -0.05) is 22.8 Å². The summed E-state index contributed by atoms with van der Waals surface area (Å²) in [7, 11) is 0. The number of amides is 1. The fourth-order valence-electron chi connectivity index (χ4n) is 2.12. The van der Waals surface area contributed by atoms with E-state index in [4.69, 9.17) is 16.1 Å². The van der Waals surface area contributed by atoms with Gasteiger partial charge in [-0.05, 0) is 32.0 Å². The average Bonchev–Trinajstić information content (AvgIpc) is 2.98. The molecule has 0 saturated heterocycles. The summed E-state index contributed by atoms with van der Waals surface area (Å²) >= 11 is 5.76. The molecule has 11 heteroatoms. The second-order valence-corrected chi connectivity index (χ2v) is 5.82. The minimum absolute atomic E-state index is 0.136. The van der Waals surface area contributed by atoms with Crippen molar-refractivity contribution in [2.24, 2.45) is 0 Å². The highest BCUT2D eigenvalue weighted by Gasteiger charge is 2.64. The molecular weight excluding hydrogens is 391 g/mol. The Morgan fingerprint density at radius 1 is 1.30 bits per heavy atom. The van der Waals surface area contributed by atoms with Crippen LogP contribution < -0.4 is 10.6 Å². The third-order valence-electron chi connectivity index (χ3n) is 3.34. The average molecular weight is 406 g/mol. The van der Waals surface area contributed by atoms with Crippen LogP contribution in [0.3, 0.4) is 0 Å². The number of hydrogen-bond donors (Lipinski definition) is 2. The zero-order valence-corrected chi connectivity index (χ0v) is 14.9. The van der Waals surface area contributed by atoms with Crippen molar-refractivity contribution in [2.75, 3.05) is 11.9 Å². The highest BCUT2D eigenvalue weighted by atomic mass is 35.5. The Balaban J connectivity index is 2.48. The third kappa shape index (κ3) is 4.51. The van der Waals surface area contributed by atoms with Crippen molar-refractivity contribution in [3.05, 3.63) is 46.7 Å². The zero-order valence-electron chi connectivity index (χ0n) is 14.2. The number of benzene rings is 1. The van der Waals surface area contributed by atoms with Crippen LogP contribution in [-0.2, 0) is 9.53 Å². The van der Waals surface area contributed by atoms with Crippen LogP contribution in [0.15, 0.2) is 34.9 Å². The Morgan fingerprint density at radius 2 is 2.00 bits per heavy atom. The molecule has 146 valence electrons. The lowest BCUT2D eigenvalue weighted by molar-refractivity contribution is -0.204. The topological polar surface area (TPSA) is 93.5 Å². The molecule has 0 aliphatic rings. The van der Waals surface area contributed by atoms with E-state index >= 15 is 0 Å². The van der Waals surface area contributed by atoms with Crippen molar-refractivity contribution in [3.8, 4) is 0 Å². The Bertz CT molecular complexity index is 840. The molecule has 27 heavy (non-hydrogen) atoms. The van der Waals surface area contributed by atoms with Crippen LogP contribution in [0.5, 0.6) is 0 Å². The Kier molecular flexibility index (Phi) is 5.99. The monoisotopic (exact) mass is 405 g/mol. The quantitative estimate of drug-likeness (QED) is 0.566. The predicted molar refractivity (Wildman–Crippen MR) is 89.2 cm³/mol. The number of aromatic nitrogens is 1. The summed E-state index contributed by atoms with van der Waals surface area (Å²) in [6.45, 7) is 2.43. The van der Waals surface area contributed by atoms with Gasteiger partial charge in [-0.15, -0.1) is 0 Å². The number of ether oxygens (including phenoxy) is 1. The van der Waals surface area contributed by atoms with Gasteiger partial charge in [0, 0.05) is 16.7 Å². The largest absolute Gasteiger partial charge is 0.463 e. The molecular formula is C16H15ClF3N3O4. The summed E-state index contributed by atoms with van der Waals surface area (Å²) in [6, 6.07) is 6.35. The van der Waals surface area contributed by atoms with Crippen LogP contribution in [0, 0.1) is 6.92 Å². The van der Waals surface area contributed by atoms with E-state index in [0.29, 0.717) is 0 Å².